The normalized spacial score (nSPS) is 13.5. The Hall–Kier alpha value is -4.06. The number of nitrogens with zero attached hydrogens (tertiary/aromatic N) is 1. The second-order valence-corrected chi connectivity index (χ2v) is 7.25. The van der Waals surface area contributed by atoms with Gasteiger partial charge in [-0.05, 0) is 42.3 Å². The molecule has 0 radical (unpaired) electrons. The average molecular weight is 428 g/mol. The minimum absolute atomic E-state index is 0.197. The quantitative estimate of drug-likeness (QED) is 0.536. The van der Waals surface area contributed by atoms with Crippen LogP contribution < -0.4 is 14.8 Å². The van der Waals surface area contributed by atoms with Gasteiger partial charge >= 0.3 is 0 Å². The molecule has 162 valence electrons. The smallest absolute Gasteiger partial charge is 0.278 e. The van der Waals surface area contributed by atoms with Crippen LogP contribution in [-0.4, -0.2) is 30.4 Å². The Labute approximate surface area is 187 Å². The van der Waals surface area contributed by atoms with Crippen molar-refractivity contribution >= 4 is 23.1 Å². The standard InChI is InChI=1S/C26H24N2O4/c1-3-32-22-11-7-10-20(16-22)27-24-23(19-12-14-21(31-2)15-13-19)25(29)28(26(24)30)17-18-8-5-4-6-9-18/h4-16,27H,3,17H2,1-2H3. The van der Waals surface area contributed by atoms with E-state index in [0.717, 1.165) is 5.56 Å². The van der Waals surface area contributed by atoms with E-state index in [1.165, 1.54) is 4.90 Å². The molecule has 1 aliphatic heterocycles. The third-order valence-electron chi connectivity index (χ3n) is 5.14. The molecule has 0 aliphatic carbocycles. The molecular formula is C26H24N2O4. The molecule has 3 aromatic carbocycles. The van der Waals surface area contributed by atoms with Gasteiger partial charge in [0.1, 0.15) is 17.2 Å². The van der Waals surface area contributed by atoms with E-state index in [9.17, 15) is 9.59 Å². The number of benzene rings is 3. The number of methoxy groups -OCH3 is 1. The molecule has 2 amide bonds. The fourth-order valence-corrected chi connectivity index (χ4v) is 3.60. The first-order valence-corrected chi connectivity index (χ1v) is 10.4. The molecule has 6 nitrogen and oxygen atoms in total. The van der Waals surface area contributed by atoms with Crippen molar-refractivity contribution in [3.63, 3.8) is 0 Å². The number of hydrogen-bond donors (Lipinski definition) is 1. The summed E-state index contributed by atoms with van der Waals surface area (Å²) in [6, 6.07) is 23.9. The largest absolute Gasteiger partial charge is 0.497 e. The van der Waals surface area contributed by atoms with Gasteiger partial charge < -0.3 is 14.8 Å². The van der Waals surface area contributed by atoms with Crippen LogP contribution in [0.5, 0.6) is 11.5 Å². The van der Waals surface area contributed by atoms with Gasteiger partial charge in [-0.25, -0.2) is 0 Å². The summed E-state index contributed by atoms with van der Waals surface area (Å²) in [5, 5.41) is 3.17. The van der Waals surface area contributed by atoms with Crippen molar-refractivity contribution in [1.82, 2.24) is 4.90 Å². The summed E-state index contributed by atoms with van der Waals surface area (Å²) in [4.78, 5) is 28.0. The Kier molecular flexibility index (Phi) is 6.22. The second kappa shape index (κ2) is 9.39. The van der Waals surface area contributed by atoms with E-state index in [1.54, 1.807) is 37.4 Å². The zero-order chi connectivity index (χ0) is 22.5. The van der Waals surface area contributed by atoms with Gasteiger partial charge in [-0.3, -0.25) is 14.5 Å². The lowest BCUT2D eigenvalue weighted by Gasteiger charge is -2.15. The fourth-order valence-electron chi connectivity index (χ4n) is 3.60. The topological polar surface area (TPSA) is 67.9 Å². The summed E-state index contributed by atoms with van der Waals surface area (Å²) in [5.74, 6) is 0.646. The van der Waals surface area contributed by atoms with Crippen LogP contribution in [0.15, 0.2) is 84.6 Å². The van der Waals surface area contributed by atoms with Crippen LogP contribution in [0.1, 0.15) is 18.1 Å². The van der Waals surface area contributed by atoms with Crippen LogP contribution in [0.2, 0.25) is 0 Å². The van der Waals surface area contributed by atoms with Gasteiger partial charge in [0, 0.05) is 11.8 Å². The molecule has 3 aromatic rings. The Balaban J connectivity index is 1.72. The Morgan fingerprint density at radius 3 is 2.28 bits per heavy atom. The molecule has 1 N–H and O–H groups in total. The molecule has 4 rings (SSSR count). The molecule has 0 fully saturated rings. The Morgan fingerprint density at radius 1 is 0.844 bits per heavy atom. The van der Waals surface area contributed by atoms with Crippen LogP contribution in [-0.2, 0) is 16.1 Å². The fraction of sp³-hybridized carbons (Fsp3) is 0.154. The molecule has 1 aliphatic rings. The summed E-state index contributed by atoms with van der Waals surface area (Å²) < 4.78 is 10.8. The van der Waals surface area contributed by atoms with Gasteiger partial charge in [0.2, 0.25) is 0 Å². The summed E-state index contributed by atoms with van der Waals surface area (Å²) in [6.07, 6.45) is 0. The molecule has 1 heterocycles. The highest BCUT2D eigenvalue weighted by Crippen LogP contribution is 2.33. The molecule has 0 saturated heterocycles. The third kappa shape index (κ3) is 4.34. The van der Waals surface area contributed by atoms with E-state index in [2.05, 4.69) is 5.32 Å². The molecule has 0 spiro atoms. The van der Waals surface area contributed by atoms with Gasteiger partial charge in [-0.1, -0.05) is 48.5 Å². The number of anilines is 1. The van der Waals surface area contributed by atoms with Crippen LogP contribution in [0, 0.1) is 0 Å². The number of carbonyl (C=O) groups is 2. The van der Waals surface area contributed by atoms with Crippen LogP contribution in [0.3, 0.4) is 0 Å². The highest BCUT2D eigenvalue weighted by atomic mass is 16.5. The highest BCUT2D eigenvalue weighted by molar-refractivity contribution is 6.36. The number of ether oxygens (including phenoxy) is 2. The van der Waals surface area contributed by atoms with Crippen LogP contribution in [0.4, 0.5) is 5.69 Å². The Bertz CT molecular complexity index is 1150. The van der Waals surface area contributed by atoms with Crippen molar-refractivity contribution in [2.45, 2.75) is 13.5 Å². The molecule has 0 aromatic heterocycles. The molecule has 0 saturated carbocycles. The molecule has 0 bridgehead atoms. The lowest BCUT2D eigenvalue weighted by molar-refractivity contribution is -0.137. The van der Waals surface area contributed by atoms with Gasteiger partial charge in [0.25, 0.3) is 11.8 Å². The third-order valence-corrected chi connectivity index (χ3v) is 5.14. The predicted octanol–water partition coefficient (Wildman–Crippen LogP) is 4.49. The lowest BCUT2D eigenvalue weighted by atomic mass is 10.0. The second-order valence-electron chi connectivity index (χ2n) is 7.25. The van der Waals surface area contributed by atoms with Gasteiger partial charge in [0.15, 0.2) is 0 Å². The van der Waals surface area contributed by atoms with Gasteiger partial charge in [-0.15, -0.1) is 0 Å². The maximum absolute atomic E-state index is 13.4. The van der Waals surface area contributed by atoms with Crippen molar-refractivity contribution in [3.05, 3.63) is 95.7 Å². The van der Waals surface area contributed by atoms with Gasteiger partial charge in [0.05, 0.1) is 25.8 Å². The monoisotopic (exact) mass is 428 g/mol. The van der Waals surface area contributed by atoms with Crippen molar-refractivity contribution in [3.8, 4) is 11.5 Å². The first-order valence-electron chi connectivity index (χ1n) is 10.4. The minimum atomic E-state index is -0.369. The SMILES string of the molecule is CCOc1cccc(NC2=C(c3ccc(OC)cc3)C(=O)N(Cc3ccccc3)C2=O)c1. The van der Waals surface area contributed by atoms with E-state index in [0.29, 0.717) is 34.9 Å². The maximum Gasteiger partial charge on any atom is 0.278 e. The van der Waals surface area contributed by atoms with Crippen molar-refractivity contribution < 1.29 is 19.1 Å². The van der Waals surface area contributed by atoms with Crippen LogP contribution >= 0.6 is 0 Å². The van der Waals surface area contributed by atoms with Crippen molar-refractivity contribution in [2.75, 3.05) is 19.0 Å². The Morgan fingerprint density at radius 2 is 1.59 bits per heavy atom. The van der Waals surface area contributed by atoms with E-state index in [-0.39, 0.29) is 24.1 Å². The maximum atomic E-state index is 13.4. The van der Waals surface area contributed by atoms with Crippen molar-refractivity contribution in [1.29, 1.82) is 0 Å². The molecule has 6 heteroatoms. The first kappa shape index (κ1) is 21.2. The number of imide groups is 1. The molecular weight excluding hydrogens is 404 g/mol. The number of amides is 2. The van der Waals surface area contributed by atoms with E-state index >= 15 is 0 Å². The number of nitrogens with one attached hydrogen (secondary N) is 1. The summed E-state index contributed by atoms with van der Waals surface area (Å²) in [6.45, 7) is 2.64. The number of hydrogen-bond acceptors (Lipinski definition) is 5. The summed E-state index contributed by atoms with van der Waals surface area (Å²) in [7, 11) is 1.58. The van der Waals surface area contributed by atoms with Crippen LogP contribution in [0.25, 0.3) is 5.57 Å². The van der Waals surface area contributed by atoms with E-state index in [1.807, 2.05) is 55.5 Å². The lowest BCUT2D eigenvalue weighted by Crippen LogP contribution is -2.31. The number of rotatable bonds is 8. The minimum Gasteiger partial charge on any atom is -0.497 e. The summed E-state index contributed by atoms with van der Waals surface area (Å²) >= 11 is 0. The zero-order valence-electron chi connectivity index (χ0n) is 18.0. The van der Waals surface area contributed by atoms with E-state index < -0.39 is 0 Å². The summed E-state index contributed by atoms with van der Waals surface area (Å²) in [5.41, 5.74) is 2.76. The first-order chi connectivity index (χ1) is 15.6. The molecule has 32 heavy (non-hydrogen) atoms. The zero-order valence-corrected chi connectivity index (χ0v) is 18.0. The average Bonchev–Trinajstić information content (AvgIpc) is 3.04. The number of carbonyl (C=O) groups excluding carboxylic acids is 2. The van der Waals surface area contributed by atoms with Gasteiger partial charge in [-0.2, -0.15) is 0 Å². The molecule has 0 atom stereocenters. The highest BCUT2D eigenvalue weighted by Gasteiger charge is 2.39. The molecule has 0 unspecified atom stereocenters. The van der Waals surface area contributed by atoms with E-state index in [4.69, 9.17) is 9.47 Å². The predicted molar refractivity (Wildman–Crippen MR) is 123 cm³/mol. The van der Waals surface area contributed by atoms with Crippen molar-refractivity contribution in [2.24, 2.45) is 0 Å².